The summed E-state index contributed by atoms with van der Waals surface area (Å²) in [6.07, 6.45) is 1.85. The van der Waals surface area contributed by atoms with Crippen molar-refractivity contribution in [2.45, 2.75) is 17.7 Å². The minimum atomic E-state index is 0.595. The van der Waals surface area contributed by atoms with Gasteiger partial charge in [-0.2, -0.15) is 4.98 Å². The summed E-state index contributed by atoms with van der Waals surface area (Å²) in [5.41, 5.74) is 2.08. The van der Waals surface area contributed by atoms with Gasteiger partial charge in [0.05, 0.1) is 10.8 Å². The maximum Gasteiger partial charge on any atom is 0.237 e. The average molecular weight is 362 g/mol. The Morgan fingerprint density at radius 2 is 2.14 bits per heavy atom. The molecule has 4 nitrogen and oxygen atoms in total. The number of rotatable bonds is 4. The summed E-state index contributed by atoms with van der Waals surface area (Å²) >= 11 is 5.01. The smallest absolute Gasteiger partial charge is 0.237 e. The summed E-state index contributed by atoms with van der Waals surface area (Å²) < 4.78 is 6.27. The van der Waals surface area contributed by atoms with Crippen molar-refractivity contribution in [2.75, 3.05) is 0 Å². The Morgan fingerprint density at radius 3 is 2.90 bits per heavy atom. The number of pyridine rings is 1. The number of nitrogens with zero attached hydrogens (tertiary/aromatic N) is 3. The largest absolute Gasteiger partial charge is 0.338 e. The van der Waals surface area contributed by atoms with Crippen LogP contribution in [0.1, 0.15) is 11.5 Å². The molecule has 0 amide bonds. The second-order valence-corrected chi connectivity index (χ2v) is 6.40. The Balaban J connectivity index is 1.69. The Morgan fingerprint density at radius 1 is 1.24 bits per heavy atom. The van der Waals surface area contributed by atoms with Gasteiger partial charge in [-0.25, -0.2) is 4.98 Å². The van der Waals surface area contributed by atoms with Gasteiger partial charge in [0.25, 0.3) is 0 Å². The van der Waals surface area contributed by atoms with E-state index in [1.54, 1.807) is 11.8 Å². The van der Waals surface area contributed by atoms with Crippen LogP contribution in [0.2, 0.25) is 0 Å². The zero-order valence-corrected chi connectivity index (χ0v) is 13.7. The molecule has 0 aliphatic heterocycles. The molecule has 1 aromatic carbocycles. The van der Waals surface area contributed by atoms with Gasteiger partial charge >= 0.3 is 0 Å². The molecule has 0 fully saturated rings. The van der Waals surface area contributed by atoms with Crippen LogP contribution in [0.15, 0.2) is 56.6 Å². The average Bonchev–Trinajstić information content (AvgIpc) is 2.96. The van der Waals surface area contributed by atoms with Crippen LogP contribution in [-0.2, 0) is 5.75 Å². The van der Waals surface area contributed by atoms with E-state index in [0.29, 0.717) is 17.5 Å². The lowest BCUT2D eigenvalue weighted by molar-refractivity contribution is 0.391. The van der Waals surface area contributed by atoms with Gasteiger partial charge in [-0.3, -0.25) is 0 Å². The Kier molecular flexibility index (Phi) is 4.36. The Hall–Kier alpha value is -1.66. The van der Waals surface area contributed by atoms with E-state index in [1.807, 2.05) is 49.5 Å². The summed E-state index contributed by atoms with van der Waals surface area (Å²) in [5.74, 6) is 1.80. The van der Waals surface area contributed by atoms with Crippen LogP contribution in [0.25, 0.3) is 11.4 Å². The lowest BCUT2D eigenvalue weighted by atomic mass is 10.2. The van der Waals surface area contributed by atoms with Crippen molar-refractivity contribution in [3.05, 3.63) is 58.5 Å². The van der Waals surface area contributed by atoms with E-state index in [1.165, 1.54) is 0 Å². The molecule has 0 bridgehead atoms. The van der Waals surface area contributed by atoms with Gasteiger partial charge in [-0.15, -0.1) is 0 Å². The minimum Gasteiger partial charge on any atom is -0.338 e. The number of benzene rings is 1. The van der Waals surface area contributed by atoms with Crippen LogP contribution in [0, 0.1) is 6.92 Å². The van der Waals surface area contributed by atoms with Crippen molar-refractivity contribution in [3.63, 3.8) is 0 Å². The lowest BCUT2D eigenvalue weighted by Crippen LogP contribution is -1.85. The first-order valence-electron chi connectivity index (χ1n) is 6.35. The first kappa shape index (κ1) is 14.3. The van der Waals surface area contributed by atoms with Gasteiger partial charge in [-0.1, -0.05) is 51.0 Å². The SMILES string of the molecule is Cc1ccc(SCc2nc(-c3cccc(Br)c3)no2)nc1. The van der Waals surface area contributed by atoms with E-state index in [4.69, 9.17) is 4.52 Å². The van der Waals surface area contributed by atoms with Crippen molar-refractivity contribution >= 4 is 27.7 Å². The maximum absolute atomic E-state index is 5.28. The quantitative estimate of drug-likeness (QED) is 0.640. The molecule has 21 heavy (non-hydrogen) atoms. The van der Waals surface area contributed by atoms with E-state index >= 15 is 0 Å². The number of halogens is 1. The molecule has 3 rings (SSSR count). The predicted octanol–water partition coefficient (Wildman–Crippen LogP) is 4.49. The van der Waals surface area contributed by atoms with Crippen molar-refractivity contribution in [2.24, 2.45) is 0 Å². The fourth-order valence-corrected chi connectivity index (χ4v) is 2.81. The van der Waals surface area contributed by atoms with Crippen LogP contribution in [0.5, 0.6) is 0 Å². The third kappa shape index (κ3) is 3.71. The molecule has 0 unspecified atom stereocenters. The summed E-state index contributed by atoms with van der Waals surface area (Å²) in [4.78, 5) is 8.74. The molecule has 6 heteroatoms. The van der Waals surface area contributed by atoms with E-state index in [-0.39, 0.29) is 0 Å². The molecule has 0 N–H and O–H groups in total. The number of aromatic nitrogens is 3. The zero-order valence-electron chi connectivity index (χ0n) is 11.3. The monoisotopic (exact) mass is 361 g/mol. The van der Waals surface area contributed by atoms with Gasteiger partial charge < -0.3 is 4.52 Å². The molecule has 0 saturated carbocycles. The van der Waals surface area contributed by atoms with E-state index in [9.17, 15) is 0 Å². The van der Waals surface area contributed by atoms with Gasteiger partial charge in [0.15, 0.2) is 0 Å². The molecular formula is C15H12BrN3OS. The Labute approximate surface area is 135 Å². The van der Waals surface area contributed by atoms with Crippen molar-refractivity contribution < 1.29 is 4.52 Å². The second kappa shape index (κ2) is 6.41. The standard InChI is InChI=1S/C15H12BrN3OS/c1-10-5-6-14(17-8-10)21-9-13-18-15(19-20-13)11-3-2-4-12(16)7-11/h2-8H,9H2,1H3. The zero-order chi connectivity index (χ0) is 14.7. The van der Waals surface area contributed by atoms with Crippen molar-refractivity contribution in [1.29, 1.82) is 0 Å². The first-order valence-corrected chi connectivity index (χ1v) is 8.12. The van der Waals surface area contributed by atoms with Crippen molar-refractivity contribution in [1.82, 2.24) is 15.1 Å². The van der Waals surface area contributed by atoms with Crippen LogP contribution < -0.4 is 0 Å². The normalized spacial score (nSPS) is 10.8. The molecule has 0 radical (unpaired) electrons. The minimum absolute atomic E-state index is 0.595. The molecule has 0 aliphatic carbocycles. The topological polar surface area (TPSA) is 51.8 Å². The van der Waals surface area contributed by atoms with Gasteiger partial charge in [0, 0.05) is 16.2 Å². The van der Waals surface area contributed by atoms with Crippen LogP contribution in [0.3, 0.4) is 0 Å². The van der Waals surface area contributed by atoms with Crippen LogP contribution >= 0.6 is 27.7 Å². The predicted molar refractivity (Wildman–Crippen MR) is 86.0 cm³/mol. The summed E-state index contributed by atoms with van der Waals surface area (Å²) in [7, 11) is 0. The molecule has 0 aliphatic rings. The van der Waals surface area contributed by atoms with Crippen molar-refractivity contribution in [3.8, 4) is 11.4 Å². The molecule has 0 saturated heterocycles. The third-order valence-electron chi connectivity index (χ3n) is 2.78. The van der Waals surface area contributed by atoms with E-state index in [2.05, 4.69) is 31.1 Å². The highest BCUT2D eigenvalue weighted by Gasteiger charge is 2.09. The summed E-state index contributed by atoms with van der Waals surface area (Å²) in [5, 5.41) is 4.96. The summed E-state index contributed by atoms with van der Waals surface area (Å²) in [6.45, 7) is 2.02. The summed E-state index contributed by atoms with van der Waals surface area (Å²) in [6, 6.07) is 11.9. The number of hydrogen-bond donors (Lipinski definition) is 0. The molecule has 3 aromatic rings. The fourth-order valence-electron chi connectivity index (χ4n) is 1.73. The molecular weight excluding hydrogens is 350 g/mol. The molecule has 106 valence electrons. The second-order valence-electron chi connectivity index (χ2n) is 4.48. The van der Waals surface area contributed by atoms with Gasteiger partial charge in [-0.05, 0) is 30.7 Å². The van der Waals surface area contributed by atoms with E-state index < -0.39 is 0 Å². The fraction of sp³-hybridized carbons (Fsp3) is 0.133. The van der Waals surface area contributed by atoms with Gasteiger partial charge in [0.1, 0.15) is 0 Å². The molecule has 0 spiro atoms. The lowest BCUT2D eigenvalue weighted by Gasteiger charge is -1.97. The molecule has 2 aromatic heterocycles. The molecule has 2 heterocycles. The highest BCUT2D eigenvalue weighted by Crippen LogP contribution is 2.23. The first-order chi connectivity index (χ1) is 10.2. The highest BCUT2D eigenvalue weighted by molar-refractivity contribution is 9.10. The maximum atomic E-state index is 5.28. The van der Waals surface area contributed by atoms with Crippen LogP contribution in [-0.4, -0.2) is 15.1 Å². The Bertz CT molecular complexity index is 743. The molecule has 0 atom stereocenters. The van der Waals surface area contributed by atoms with E-state index in [0.717, 1.165) is 20.6 Å². The number of hydrogen-bond acceptors (Lipinski definition) is 5. The third-order valence-corrected chi connectivity index (χ3v) is 4.20. The number of aryl methyl sites for hydroxylation is 1. The van der Waals surface area contributed by atoms with Gasteiger partial charge in [0.2, 0.25) is 11.7 Å². The number of thioether (sulfide) groups is 1. The highest BCUT2D eigenvalue weighted by atomic mass is 79.9. The van der Waals surface area contributed by atoms with Crippen LogP contribution in [0.4, 0.5) is 0 Å².